The number of nitrogens with zero attached hydrogens (tertiary/aromatic N) is 2. The predicted octanol–water partition coefficient (Wildman–Crippen LogP) is 1.05. The van der Waals surface area contributed by atoms with Gasteiger partial charge >= 0.3 is 0 Å². The van der Waals surface area contributed by atoms with Gasteiger partial charge < -0.3 is 5.32 Å². The Labute approximate surface area is 66.4 Å². The highest BCUT2D eigenvalue weighted by Gasteiger charge is 2.46. The van der Waals surface area contributed by atoms with Gasteiger partial charge in [0, 0.05) is 13.2 Å². The highest BCUT2D eigenvalue weighted by molar-refractivity contribution is 5.37. The van der Waals surface area contributed by atoms with Crippen molar-refractivity contribution in [2.45, 2.75) is 12.8 Å². The van der Waals surface area contributed by atoms with Crippen molar-refractivity contribution >= 4 is 6.72 Å². The Kier molecular flexibility index (Phi) is 1.95. The molecule has 0 radical (unpaired) electrons. The molecule has 0 unspecified atom stereocenters. The van der Waals surface area contributed by atoms with Crippen LogP contribution in [0.5, 0.6) is 0 Å². The van der Waals surface area contributed by atoms with Crippen molar-refractivity contribution < 1.29 is 0 Å². The maximum Gasteiger partial charge on any atom is 0.101 e. The lowest BCUT2D eigenvalue weighted by Gasteiger charge is -2.04. The molecule has 0 aromatic carbocycles. The van der Waals surface area contributed by atoms with Crippen LogP contribution < -0.4 is 5.32 Å². The summed E-state index contributed by atoms with van der Waals surface area (Å²) in [5.41, 5.74) is 0.451. The van der Waals surface area contributed by atoms with Gasteiger partial charge in [-0.05, 0) is 19.6 Å². The van der Waals surface area contributed by atoms with Crippen LogP contribution in [-0.4, -0.2) is 13.8 Å². The average molecular weight is 149 g/mol. The number of allylic oxidation sites excluding steroid dienone is 1. The average Bonchev–Trinajstić information content (AvgIpc) is 2.81. The molecule has 1 aliphatic carbocycles. The van der Waals surface area contributed by atoms with Gasteiger partial charge in [-0.3, -0.25) is 4.99 Å². The minimum Gasteiger partial charge on any atom is -0.392 e. The monoisotopic (exact) mass is 149 g/mol. The summed E-state index contributed by atoms with van der Waals surface area (Å²) in [6.45, 7) is 3.42. The zero-order valence-corrected chi connectivity index (χ0v) is 6.59. The van der Waals surface area contributed by atoms with Gasteiger partial charge in [-0.2, -0.15) is 5.26 Å². The number of nitrogens with one attached hydrogen (secondary N) is 1. The lowest BCUT2D eigenvalue weighted by atomic mass is 10.1. The Morgan fingerprint density at radius 3 is 2.73 bits per heavy atom. The summed E-state index contributed by atoms with van der Waals surface area (Å²) in [5.74, 6) is 0. The van der Waals surface area contributed by atoms with Crippen molar-refractivity contribution in [3.05, 3.63) is 11.9 Å². The molecular weight excluding hydrogens is 138 g/mol. The zero-order chi connectivity index (χ0) is 8.32. The van der Waals surface area contributed by atoms with Gasteiger partial charge in [0.05, 0.1) is 11.8 Å². The molecule has 3 nitrogen and oxygen atoms in total. The molecular formula is C8H11N3. The van der Waals surface area contributed by atoms with E-state index in [1.807, 2.05) is 0 Å². The summed E-state index contributed by atoms with van der Waals surface area (Å²) < 4.78 is 0. The molecule has 1 N–H and O–H groups in total. The number of nitriles is 1. The van der Waals surface area contributed by atoms with Gasteiger partial charge in [0.2, 0.25) is 0 Å². The minimum atomic E-state index is -0.315. The summed E-state index contributed by atoms with van der Waals surface area (Å²) in [6.07, 6.45) is 3.56. The molecule has 11 heavy (non-hydrogen) atoms. The molecule has 3 heteroatoms. The summed E-state index contributed by atoms with van der Waals surface area (Å²) in [4.78, 5) is 3.81. The van der Waals surface area contributed by atoms with Crippen molar-refractivity contribution in [3.63, 3.8) is 0 Å². The molecule has 1 fully saturated rings. The van der Waals surface area contributed by atoms with Crippen LogP contribution in [0, 0.1) is 16.7 Å². The van der Waals surface area contributed by atoms with Crippen molar-refractivity contribution in [2.24, 2.45) is 10.4 Å². The number of hydrogen-bond donors (Lipinski definition) is 1. The fourth-order valence-electron chi connectivity index (χ4n) is 1.02. The predicted molar refractivity (Wildman–Crippen MR) is 44.0 cm³/mol. The van der Waals surface area contributed by atoms with Crippen LogP contribution in [0.25, 0.3) is 0 Å². The Hall–Kier alpha value is -1.30. The summed E-state index contributed by atoms with van der Waals surface area (Å²) in [6, 6.07) is 2.25. The molecule has 0 amide bonds. The minimum absolute atomic E-state index is 0.315. The van der Waals surface area contributed by atoms with Gasteiger partial charge in [-0.15, -0.1) is 0 Å². The highest BCUT2D eigenvalue weighted by Crippen LogP contribution is 2.51. The first kappa shape index (κ1) is 7.80. The van der Waals surface area contributed by atoms with E-state index in [1.54, 1.807) is 13.2 Å². The second-order valence-corrected chi connectivity index (χ2v) is 2.67. The van der Waals surface area contributed by atoms with Crippen LogP contribution in [0.15, 0.2) is 16.9 Å². The molecule has 1 saturated carbocycles. The second-order valence-electron chi connectivity index (χ2n) is 2.67. The van der Waals surface area contributed by atoms with Crippen LogP contribution in [0.1, 0.15) is 12.8 Å². The lowest BCUT2D eigenvalue weighted by molar-refractivity contribution is 0.776. The van der Waals surface area contributed by atoms with Crippen molar-refractivity contribution in [2.75, 3.05) is 7.05 Å². The van der Waals surface area contributed by atoms with Crippen LogP contribution in [-0.2, 0) is 0 Å². The Morgan fingerprint density at radius 1 is 1.82 bits per heavy atom. The third-order valence-electron chi connectivity index (χ3n) is 1.91. The molecule has 0 heterocycles. The van der Waals surface area contributed by atoms with E-state index < -0.39 is 0 Å². The topological polar surface area (TPSA) is 48.2 Å². The van der Waals surface area contributed by atoms with Crippen molar-refractivity contribution in [3.8, 4) is 6.07 Å². The normalized spacial score (nSPS) is 20.2. The van der Waals surface area contributed by atoms with E-state index in [0.29, 0.717) is 0 Å². The van der Waals surface area contributed by atoms with Gasteiger partial charge in [0.1, 0.15) is 5.41 Å². The molecule has 0 atom stereocenters. The van der Waals surface area contributed by atoms with E-state index in [4.69, 9.17) is 5.26 Å². The molecule has 0 spiro atoms. The van der Waals surface area contributed by atoms with Crippen LogP contribution in [0.2, 0.25) is 0 Å². The first-order valence-corrected chi connectivity index (χ1v) is 3.55. The van der Waals surface area contributed by atoms with Crippen LogP contribution in [0.4, 0.5) is 0 Å². The second kappa shape index (κ2) is 2.75. The molecule has 58 valence electrons. The smallest absolute Gasteiger partial charge is 0.101 e. The van der Waals surface area contributed by atoms with E-state index >= 15 is 0 Å². The van der Waals surface area contributed by atoms with Gasteiger partial charge in [0.25, 0.3) is 0 Å². The first-order valence-electron chi connectivity index (χ1n) is 3.55. The molecule has 0 aromatic rings. The quantitative estimate of drug-likeness (QED) is 0.610. The first-order chi connectivity index (χ1) is 5.29. The number of hydrogen-bond acceptors (Lipinski definition) is 3. The lowest BCUT2D eigenvalue weighted by Crippen LogP contribution is -2.04. The Balaban J connectivity index is 2.79. The van der Waals surface area contributed by atoms with E-state index in [9.17, 15) is 0 Å². The molecule has 1 aliphatic rings. The van der Waals surface area contributed by atoms with E-state index in [-0.39, 0.29) is 5.41 Å². The van der Waals surface area contributed by atoms with Crippen LogP contribution in [0.3, 0.4) is 0 Å². The van der Waals surface area contributed by atoms with E-state index in [2.05, 4.69) is 23.1 Å². The molecule has 0 aromatic heterocycles. The van der Waals surface area contributed by atoms with E-state index in [0.717, 1.165) is 18.5 Å². The zero-order valence-electron chi connectivity index (χ0n) is 6.59. The van der Waals surface area contributed by atoms with Crippen molar-refractivity contribution in [1.82, 2.24) is 5.32 Å². The van der Waals surface area contributed by atoms with Gasteiger partial charge in [-0.25, -0.2) is 0 Å². The largest absolute Gasteiger partial charge is 0.392 e. The summed E-state index contributed by atoms with van der Waals surface area (Å²) in [5, 5.41) is 11.6. The highest BCUT2D eigenvalue weighted by atomic mass is 14.9. The standard InChI is InChI=1S/C8H11N3/c1-10-5-7(11-2)8(6-9)3-4-8/h5,10H,2-4H2,1H3/b7-5-. The van der Waals surface area contributed by atoms with Crippen LogP contribution >= 0.6 is 0 Å². The van der Waals surface area contributed by atoms with Crippen molar-refractivity contribution in [1.29, 1.82) is 5.26 Å². The third-order valence-corrected chi connectivity index (χ3v) is 1.91. The van der Waals surface area contributed by atoms with E-state index in [1.165, 1.54) is 0 Å². The summed E-state index contributed by atoms with van der Waals surface area (Å²) >= 11 is 0. The maximum absolute atomic E-state index is 8.78. The molecule has 0 aliphatic heterocycles. The molecule has 0 bridgehead atoms. The summed E-state index contributed by atoms with van der Waals surface area (Å²) in [7, 11) is 1.79. The number of rotatable bonds is 3. The number of aliphatic imine (C=N–C) groups is 1. The van der Waals surface area contributed by atoms with Gasteiger partial charge in [-0.1, -0.05) is 0 Å². The maximum atomic E-state index is 8.78. The fourth-order valence-corrected chi connectivity index (χ4v) is 1.02. The molecule has 1 rings (SSSR count). The van der Waals surface area contributed by atoms with Gasteiger partial charge in [0.15, 0.2) is 0 Å². The molecule has 0 saturated heterocycles. The third kappa shape index (κ3) is 1.25. The fraction of sp³-hybridized carbons (Fsp3) is 0.500. The Bertz CT molecular complexity index is 230. The SMILES string of the molecule is C=N/C(=C\NC)C1(C#N)CC1. The Morgan fingerprint density at radius 2 is 2.45 bits per heavy atom.